The summed E-state index contributed by atoms with van der Waals surface area (Å²) in [4.78, 5) is 37.9. The molecule has 0 saturated carbocycles. The van der Waals surface area contributed by atoms with E-state index in [0.29, 0.717) is 12.8 Å². The van der Waals surface area contributed by atoms with E-state index >= 15 is 0 Å². The van der Waals surface area contributed by atoms with Gasteiger partial charge in [0.1, 0.15) is 13.2 Å². The van der Waals surface area contributed by atoms with Crippen LogP contribution < -0.4 is 0 Å². The van der Waals surface area contributed by atoms with Crippen molar-refractivity contribution in [2.24, 2.45) is 0 Å². The van der Waals surface area contributed by atoms with Crippen LogP contribution in [0.1, 0.15) is 245 Å². The van der Waals surface area contributed by atoms with Gasteiger partial charge in [0.15, 0.2) is 6.10 Å². The van der Waals surface area contributed by atoms with Gasteiger partial charge in [-0.25, -0.2) is 0 Å². The van der Waals surface area contributed by atoms with Crippen molar-refractivity contribution in [1.82, 2.24) is 0 Å². The maximum atomic E-state index is 12.7. The summed E-state index contributed by atoms with van der Waals surface area (Å²) < 4.78 is 16.7. The Labute approximate surface area is 370 Å². The van der Waals surface area contributed by atoms with Gasteiger partial charge >= 0.3 is 17.9 Å². The molecule has 0 aromatic carbocycles. The first-order chi connectivity index (χ1) is 29.5. The summed E-state index contributed by atoms with van der Waals surface area (Å²) >= 11 is 0. The van der Waals surface area contributed by atoms with E-state index in [9.17, 15) is 14.4 Å². The van der Waals surface area contributed by atoms with Crippen LogP contribution in [0.25, 0.3) is 0 Å². The highest BCUT2D eigenvalue weighted by molar-refractivity contribution is 5.71. The van der Waals surface area contributed by atoms with Crippen molar-refractivity contribution in [1.29, 1.82) is 0 Å². The Morgan fingerprint density at radius 2 is 0.667 bits per heavy atom. The first kappa shape index (κ1) is 57.1. The average molecular weight is 839 g/mol. The van der Waals surface area contributed by atoms with Crippen LogP contribution in [0.3, 0.4) is 0 Å². The third-order valence-corrected chi connectivity index (χ3v) is 10.9. The Kier molecular flexibility index (Phi) is 46.4. The van der Waals surface area contributed by atoms with Crippen molar-refractivity contribution in [3.05, 3.63) is 60.8 Å². The van der Waals surface area contributed by atoms with Crippen LogP contribution in [0.4, 0.5) is 0 Å². The van der Waals surface area contributed by atoms with Crippen LogP contribution in [0.15, 0.2) is 60.8 Å². The normalized spacial score (nSPS) is 12.5. The average Bonchev–Trinajstić information content (AvgIpc) is 3.24. The minimum atomic E-state index is -0.794. The van der Waals surface area contributed by atoms with Crippen LogP contribution in [0.2, 0.25) is 0 Å². The van der Waals surface area contributed by atoms with Gasteiger partial charge in [-0.05, 0) is 64.2 Å². The lowest BCUT2D eigenvalue weighted by Crippen LogP contribution is -2.30. The third kappa shape index (κ3) is 46.2. The molecule has 0 amide bonds. The fourth-order valence-corrected chi connectivity index (χ4v) is 7.04. The zero-order valence-corrected chi connectivity index (χ0v) is 39.5. The van der Waals surface area contributed by atoms with E-state index in [4.69, 9.17) is 14.2 Å². The van der Waals surface area contributed by atoms with Crippen molar-refractivity contribution < 1.29 is 28.6 Å². The first-order valence-corrected chi connectivity index (χ1v) is 25.3. The molecule has 0 spiro atoms. The molecule has 0 aliphatic heterocycles. The van der Waals surface area contributed by atoms with Gasteiger partial charge in [0.2, 0.25) is 0 Å². The van der Waals surface area contributed by atoms with Gasteiger partial charge in [-0.15, -0.1) is 0 Å². The minimum absolute atomic E-state index is 0.0910. The van der Waals surface area contributed by atoms with Crippen LogP contribution >= 0.6 is 0 Å². The highest BCUT2D eigenvalue weighted by atomic mass is 16.6. The minimum Gasteiger partial charge on any atom is -0.462 e. The Morgan fingerprint density at radius 1 is 0.350 bits per heavy atom. The van der Waals surface area contributed by atoms with Gasteiger partial charge in [-0.1, -0.05) is 223 Å². The molecule has 0 N–H and O–H groups in total. The van der Waals surface area contributed by atoms with Crippen molar-refractivity contribution in [2.45, 2.75) is 252 Å². The largest absolute Gasteiger partial charge is 0.462 e. The molecule has 0 heterocycles. The molecule has 6 heteroatoms. The summed E-state index contributed by atoms with van der Waals surface area (Å²) in [5, 5.41) is 0. The smallest absolute Gasteiger partial charge is 0.306 e. The van der Waals surface area contributed by atoms with E-state index in [1.165, 1.54) is 128 Å². The van der Waals surface area contributed by atoms with Crippen molar-refractivity contribution in [3.8, 4) is 0 Å². The molecule has 0 radical (unpaired) electrons. The molecule has 346 valence electrons. The highest BCUT2D eigenvalue weighted by Gasteiger charge is 2.19. The number of carbonyl (C=O) groups is 3. The monoisotopic (exact) mass is 839 g/mol. The van der Waals surface area contributed by atoms with E-state index in [1.807, 2.05) is 36.5 Å². The van der Waals surface area contributed by atoms with E-state index in [0.717, 1.165) is 77.0 Å². The van der Waals surface area contributed by atoms with Gasteiger partial charge in [-0.3, -0.25) is 14.4 Å². The summed E-state index contributed by atoms with van der Waals surface area (Å²) in [5.41, 5.74) is 0. The van der Waals surface area contributed by atoms with Gasteiger partial charge in [0.05, 0.1) is 0 Å². The van der Waals surface area contributed by atoms with Crippen molar-refractivity contribution in [2.75, 3.05) is 13.2 Å². The Bertz CT molecular complexity index is 1100. The number of hydrogen-bond donors (Lipinski definition) is 0. The summed E-state index contributed by atoms with van der Waals surface area (Å²) in [6.45, 7) is 6.44. The summed E-state index contributed by atoms with van der Waals surface area (Å²) in [6.07, 6.45) is 59.2. The third-order valence-electron chi connectivity index (χ3n) is 10.9. The summed E-state index contributed by atoms with van der Waals surface area (Å²) in [7, 11) is 0. The fourth-order valence-electron chi connectivity index (χ4n) is 7.04. The summed E-state index contributed by atoms with van der Waals surface area (Å²) in [6, 6.07) is 0. The van der Waals surface area contributed by atoms with Crippen LogP contribution in [0.5, 0.6) is 0 Å². The SMILES string of the molecule is CC\C=C/C=C\C=C/C=C\CCCCCC(=O)OC(COC(=O)CCCCCCC/C=C\CCCCC)COC(=O)CCCCCCCCCCCCCCCCCCC. The highest BCUT2D eigenvalue weighted by Crippen LogP contribution is 2.15. The topological polar surface area (TPSA) is 78.9 Å². The second-order valence-corrected chi connectivity index (χ2v) is 16.8. The van der Waals surface area contributed by atoms with Gasteiger partial charge in [0.25, 0.3) is 0 Å². The zero-order valence-electron chi connectivity index (χ0n) is 39.5. The fraction of sp³-hybridized carbons (Fsp3) is 0.759. The zero-order chi connectivity index (χ0) is 43.7. The molecule has 1 atom stereocenters. The number of rotatable bonds is 45. The first-order valence-electron chi connectivity index (χ1n) is 25.3. The molecule has 0 rings (SSSR count). The molecule has 0 fully saturated rings. The number of ether oxygens (including phenoxy) is 3. The molecule has 6 nitrogen and oxygen atoms in total. The molecular formula is C54H94O6. The van der Waals surface area contributed by atoms with Crippen molar-refractivity contribution >= 4 is 17.9 Å². The number of hydrogen-bond acceptors (Lipinski definition) is 6. The molecule has 0 aliphatic rings. The second-order valence-electron chi connectivity index (χ2n) is 16.8. The predicted octanol–water partition coefficient (Wildman–Crippen LogP) is 16.5. The van der Waals surface area contributed by atoms with Crippen LogP contribution in [0, 0.1) is 0 Å². The maximum Gasteiger partial charge on any atom is 0.306 e. The molecular weight excluding hydrogens is 745 g/mol. The van der Waals surface area contributed by atoms with E-state index < -0.39 is 6.10 Å². The number of allylic oxidation sites excluding steroid dienone is 10. The standard InChI is InChI=1S/C54H94O6/c1-4-7-10-13-16-19-22-25-26-27-28-30-32-35-38-41-44-47-53(56)59-50-51(49-58-52(55)46-43-40-37-34-31-24-21-18-15-12-9-6-3)60-54(57)48-45-42-39-36-33-29-23-20-17-14-11-8-5-2/h8,11,14,17-18,20-21,23,29,33,51H,4-7,9-10,12-13,15-16,19,22,24-28,30-32,34-50H2,1-3H3/b11-8-,17-14-,21-18-,23-20-,33-29-. The van der Waals surface area contributed by atoms with E-state index in [2.05, 4.69) is 45.1 Å². The Morgan fingerprint density at radius 3 is 1.12 bits per heavy atom. The van der Waals surface area contributed by atoms with Crippen molar-refractivity contribution in [3.63, 3.8) is 0 Å². The molecule has 0 aromatic heterocycles. The van der Waals surface area contributed by atoms with E-state index in [1.54, 1.807) is 0 Å². The van der Waals surface area contributed by atoms with E-state index in [-0.39, 0.29) is 37.5 Å². The predicted molar refractivity (Wildman–Crippen MR) is 256 cm³/mol. The lowest BCUT2D eigenvalue weighted by molar-refractivity contribution is -0.167. The molecule has 0 saturated heterocycles. The maximum absolute atomic E-state index is 12.7. The number of carbonyl (C=O) groups excluding carboxylic acids is 3. The molecule has 0 bridgehead atoms. The Hall–Kier alpha value is -2.89. The summed E-state index contributed by atoms with van der Waals surface area (Å²) in [5.74, 6) is -0.936. The number of unbranched alkanes of at least 4 members (excludes halogenated alkanes) is 27. The second kappa shape index (κ2) is 48.8. The molecule has 0 aromatic rings. The molecule has 60 heavy (non-hydrogen) atoms. The van der Waals surface area contributed by atoms with Gasteiger partial charge in [0, 0.05) is 19.3 Å². The Balaban J connectivity index is 4.39. The molecule has 0 aliphatic carbocycles. The number of esters is 3. The van der Waals surface area contributed by atoms with Crippen LogP contribution in [-0.2, 0) is 28.6 Å². The van der Waals surface area contributed by atoms with Gasteiger partial charge < -0.3 is 14.2 Å². The lowest BCUT2D eigenvalue weighted by Gasteiger charge is -2.18. The quantitative estimate of drug-likeness (QED) is 0.0200. The lowest BCUT2D eigenvalue weighted by atomic mass is 10.0. The van der Waals surface area contributed by atoms with Gasteiger partial charge in [-0.2, -0.15) is 0 Å². The molecule has 1 unspecified atom stereocenters. The van der Waals surface area contributed by atoms with Crippen LogP contribution in [-0.4, -0.2) is 37.2 Å².